The topological polar surface area (TPSA) is 76.2 Å². The zero-order valence-electron chi connectivity index (χ0n) is 21.5. The number of carbonyl (C=O) groups is 3. The van der Waals surface area contributed by atoms with Crippen LogP contribution in [-0.2, 0) is 27.0 Å². The van der Waals surface area contributed by atoms with Crippen molar-refractivity contribution in [2.75, 3.05) is 7.11 Å². The predicted molar refractivity (Wildman–Crippen MR) is 132 cm³/mol. The van der Waals surface area contributed by atoms with Crippen LogP contribution in [0.15, 0.2) is 18.2 Å². The predicted octanol–water partition coefficient (Wildman–Crippen LogP) is 6.07. The van der Waals surface area contributed by atoms with Crippen molar-refractivity contribution in [3.63, 3.8) is 0 Å². The summed E-state index contributed by atoms with van der Waals surface area (Å²) in [5.41, 5.74) is -0.761. The van der Waals surface area contributed by atoms with E-state index in [0.29, 0.717) is 12.8 Å². The van der Waals surface area contributed by atoms with E-state index in [1.54, 1.807) is 13.8 Å². The van der Waals surface area contributed by atoms with Crippen LogP contribution in [0.25, 0.3) is 0 Å². The number of carbonyl (C=O) groups excluding carboxylic acids is 3. The van der Waals surface area contributed by atoms with E-state index in [9.17, 15) is 27.6 Å². The van der Waals surface area contributed by atoms with Crippen LogP contribution in [0.1, 0.15) is 64.5 Å². The van der Waals surface area contributed by atoms with Crippen LogP contribution < -0.4 is 0 Å². The third kappa shape index (κ3) is 8.29. The first-order chi connectivity index (χ1) is 17.3. The highest BCUT2D eigenvalue weighted by Gasteiger charge is 2.43. The molecule has 1 heterocycles. The Morgan fingerprint density at radius 3 is 2.38 bits per heavy atom. The van der Waals surface area contributed by atoms with Crippen LogP contribution in [0.2, 0.25) is 5.02 Å². The molecule has 1 fully saturated rings. The molecule has 1 aliphatic rings. The molecule has 0 radical (unpaired) electrons. The molecule has 2 rings (SSSR count). The summed E-state index contributed by atoms with van der Waals surface area (Å²) >= 11 is 5.95. The van der Waals surface area contributed by atoms with Gasteiger partial charge in [-0.3, -0.25) is 4.79 Å². The van der Waals surface area contributed by atoms with Crippen LogP contribution in [0, 0.1) is 11.8 Å². The van der Waals surface area contributed by atoms with Crippen molar-refractivity contribution in [2.24, 2.45) is 0 Å². The average Bonchev–Trinajstić information content (AvgIpc) is 2.80. The first-order valence-corrected chi connectivity index (χ1v) is 12.3. The van der Waals surface area contributed by atoms with Gasteiger partial charge >= 0.3 is 18.4 Å². The van der Waals surface area contributed by atoms with E-state index >= 15 is 0 Å². The molecule has 2 amide bonds. The summed E-state index contributed by atoms with van der Waals surface area (Å²) < 4.78 is 50.4. The molecule has 11 heteroatoms. The number of methoxy groups -OCH3 is 1. The minimum absolute atomic E-state index is 0.0779. The highest BCUT2D eigenvalue weighted by atomic mass is 35.5. The Morgan fingerprint density at radius 1 is 1.19 bits per heavy atom. The van der Waals surface area contributed by atoms with E-state index in [1.807, 2.05) is 6.92 Å². The standard InChI is InChI=1S/C26H32ClF3N2O5/c1-6-8-23(33)14-22-13-21(12-20(7-2)32(22)25(35)37-16(3)4)31(24(34)36-5)15-17-9-18(26(28,29)30)11-19(27)10-17/h9-11,16,20-22H,7,12-15H2,1-5H3/t20-,21+,22-/m1/s1. The summed E-state index contributed by atoms with van der Waals surface area (Å²) in [6.45, 7) is 6.62. The lowest BCUT2D eigenvalue weighted by Gasteiger charge is -2.47. The Balaban J connectivity index is 2.46. The molecular weight excluding hydrogens is 513 g/mol. The van der Waals surface area contributed by atoms with Gasteiger partial charge in [-0.1, -0.05) is 24.4 Å². The van der Waals surface area contributed by atoms with Gasteiger partial charge in [0.1, 0.15) is 0 Å². The fourth-order valence-corrected chi connectivity index (χ4v) is 4.83. The SMILES string of the molecule is CC#CC(=O)C[C@H]1C[C@@H](N(Cc2cc(Cl)cc(C(F)(F)F)c2)C(=O)OC)C[C@@H](CC)N1C(=O)OC(C)C. The number of ketones is 1. The van der Waals surface area contributed by atoms with Gasteiger partial charge < -0.3 is 19.3 Å². The first-order valence-electron chi connectivity index (χ1n) is 12.0. The molecule has 0 aromatic heterocycles. The number of amides is 2. The van der Waals surface area contributed by atoms with Gasteiger partial charge in [0, 0.05) is 36.1 Å². The number of hydrogen-bond acceptors (Lipinski definition) is 5. The van der Waals surface area contributed by atoms with Gasteiger partial charge in [-0.05, 0) is 69.7 Å². The Morgan fingerprint density at radius 2 is 1.84 bits per heavy atom. The molecule has 7 nitrogen and oxygen atoms in total. The minimum Gasteiger partial charge on any atom is -0.453 e. The van der Waals surface area contributed by atoms with E-state index in [4.69, 9.17) is 21.1 Å². The van der Waals surface area contributed by atoms with Crippen molar-refractivity contribution < 1.29 is 37.0 Å². The maximum Gasteiger partial charge on any atom is 0.416 e. The van der Waals surface area contributed by atoms with Crippen molar-refractivity contribution in [1.29, 1.82) is 0 Å². The van der Waals surface area contributed by atoms with Crippen LogP contribution in [-0.4, -0.2) is 59.1 Å². The monoisotopic (exact) mass is 544 g/mol. The van der Waals surface area contributed by atoms with Crippen molar-refractivity contribution in [3.8, 4) is 11.8 Å². The summed E-state index contributed by atoms with van der Waals surface area (Å²) in [4.78, 5) is 41.1. The number of piperidine rings is 1. The molecule has 0 unspecified atom stereocenters. The Kier molecular flexibility index (Phi) is 10.7. The van der Waals surface area contributed by atoms with Crippen molar-refractivity contribution in [3.05, 3.63) is 34.3 Å². The number of likely N-dealkylation sites (tertiary alicyclic amines) is 1. The van der Waals surface area contributed by atoms with Gasteiger partial charge in [-0.25, -0.2) is 9.59 Å². The maximum atomic E-state index is 13.4. The van der Waals surface area contributed by atoms with Gasteiger partial charge in [0.15, 0.2) is 0 Å². The zero-order chi connectivity index (χ0) is 27.9. The Bertz CT molecular complexity index is 1050. The lowest BCUT2D eigenvalue weighted by Crippen LogP contribution is -2.58. The summed E-state index contributed by atoms with van der Waals surface area (Å²) in [6, 6.07) is 1.54. The summed E-state index contributed by atoms with van der Waals surface area (Å²) in [7, 11) is 1.18. The van der Waals surface area contributed by atoms with Crippen molar-refractivity contribution in [1.82, 2.24) is 9.80 Å². The van der Waals surface area contributed by atoms with Crippen LogP contribution >= 0.6 is 11.6 Å². The van der Waals surface area contributed by atoms with Crippen molar-refractivity contribution in [2.45, 2.75) is 90.3 Å². The molecular formula is C26H32ClF3N2O5. The largest absolute Gasteiger partial charge is 0.453 e. The second kappa shape index (κ2) is 13.0. The molecule has 0 spiro atoms. The lowest BCUT2D eigenvalue weighted by atomic mass is 9.86. The van der Waals surface area contributed by atoms with E-state index in [-0.39, 0.29) is 41.9 Å². The summed E-state index contributed by atoms with van der Waals surface area (Å²) in [5.74, 6) is 4.65. The van der Waals surface area contributed by atoms with Gasteiger partial charge in [-0.2, -0.15) is 13.2 Å². The molecule has 1 aliphatic heterocycles. The molecule has 1 aromatic rings. The van der Waals surface area contributed by atoms with E-state index in [2.05, 4.69) is 11.8 Å². The molecule has 1 saturated heterocycles. The molecule has 37 heavy (non-hydrogen) atoms. The molecule has 0 aliphatic carbocycles. The number of nitrogens with zero attached hydrogens (tertiary/aromatic N) is 2. The molecule has 0 saturated carbocycles. The third-order valence-corrected chi connectivity index (χ3v) is 6.29. The maximum absolute atomic E-state index is 13.4. The normalized spacial score (nSPS) is 19.6. The lowest BCUT2D eigenvalue weighted by molar-refractivity contribution is -0.137. The smallest absolute Gasteiger partial charge is 0.416 e. The number of Topliss-reactive ketones (excluding diaryl/α,β-unsaturated/α-hetero) is 1. The highest BCUT2D eigenvalue weighted by Crippen LogP contribution is 2.35. The molecule has 1 aromatic carbocycles. The van der Waals surface area contributed by atoms with Gasteiger partial charge in [0.2, 0.25) is 5.78 Å². The molecule has 204 valence electrons. The molecule has 3 atom stereocenters. The van der Waals surface area contributed by atoms with Gasteiger partial charge in [-0.15, -0.1) is 0 Å². The number of halogens is 4. The van der Waals surface area contributed by atoms with Crippen LogP contribution in [0.4, 0.5) is 22.8 Å². The van der Waals surface area contributed by atoms with Crippen molar-refractivity contribution >= 4 is 29.6 Å². The van der Waals surface area contributed by atoms with E-state index < -0.39 is 42.1 Å². The Hall–Kier alpha value is -2.93. The number of benzene rings is 1. The number of rotatable bonds is 7. The quantitative estimate of drug-likeness (QED) is 0.308. The Labute approximate surface area is 220 Å². The number of hydrogen-bond donors (Lipinski definition) is 0. The molecule has 0 bridgehead atoms. The first kappa shape index (κ1) is 30.3. The minimum atomic E-state index is -4.61. The fourth-order valence-electron chi connectivity index (χ4n) is 4.58. The average molecular weight is 545 g/mol. The van der Waals surface area contributed by atoms with Crippen LogP contribution in [0.5, 0.6) is 0 Å². The summed E-state index contributed by atoms with van der Waals surface area (Å²) in [5, 5.41) is -0.117. The van der Waals surface area contributed by atoms with Gasteiger partial charge in [0.05, 0.1) is 18.8 Å². The fraction of sp³-hybridized carbons (Fsp3) is 0.577. The van der Waals surface area contributed by atoms with E-state index in [1.165, 1.54) is 29.9 Å². The van der Waals surface area contributed by atoms with E-state index in [0.717, 1.165) is 12.1 Å². The second-order valence-corrected chi connectivity index (χ2v) is 9.56. The second-order valence-electron chi connectivity index (χ2n) is 9.13. The van der Waals surface area contributed by atoms with Gasteiger partial charge in [0.25, 0.3) is 0 Å². The summed E-state index contributed by atoms with van der Waals surface area (Å²) in [6.07, 6.45) is -5.40. The highest BCUT2D eigenvalue weighted by molar-refractivity contribution is 6.30. The number of alkyl halides is 3. The number of ether oxygens (including phenoxy) is 2. The molecule has 0 N–H and O–H groups in total. The zero-order valence-corrected chi connectivity index (χ0v) is 22.3. The van der Waals surface area contributed by atoms with Crippen LogP contribution in [0.3, 0.4) is 0 Å². The third-order valence-electron chi connectivity index (χ3n) is 6.07.